The van der Waals surface area contributed by atoms with Crippen molar-refractivity contribution in [2.75, 3.05) is 20.2 Å². The van der Waals surface area contributed by atoms with Crippen LogP contribution in [0.25, 0.3) is 0 Å². The second kappa shape index (κ2) is 4.87. The van der Waals surface area contributed by atoms with Crippen LogP contribution in [-0.2, 0) is 4.74 Å². The first-order valence-corrected chi connectivity index (χ1v) is 5.42. The Hall–Kier alpha value is -2.37. The van der Waals surface area contributed by atoms with E-state index in [0.29, 0.717) is 17.7 Å². The fraction of sp³-hybridized carbons (Fsp3) is 0.250. The maximum atomic E-state index is 10.9. The Balaban J connectivity index is 0.000000149. The maximum absolute atomic E-state index is 10.9. The second-order valence-corrected chi connectivity index (χ2v) is 3.86. The maximum Gasteiger partial charge on any atom is 0.409 e. The van der Waals surface area contributed by atoms with E-state index in [1.807, 2.05) is 0 Å². The summed E-state index contributed by atoms with van der Waals surface area (Å²) in [4.78, 5) is 33.7. The predicted molar refractivity (Wildman–Crippen MR) is 62.2 cm³/mol. The molecule has 1 aromatic rings. The molecule has 94 valence electrons. The molecule has 0 atom stereocenters. The van der Waals surface area contributed by atoms with Crippen LogP contribution < -0.4 is 5.32 Å². The summed E-state index contributed by atoms with van der Waals surface area (Å²) >= 11 is 0. The molecule has 2 aliphatic heterocycles. The van der Waals surface area contributed by atoms with Crippen LogP contribution in [0.3, 0.4) is 0 Å². The molecular weight excluding hydrogens is 236 g/mol. The van der Waals surface area contributed by atoms with Crippen molar-refractivity contribution in [2.45, 2.75) is 0 Å². The summed E-state index contributed by atoms with van der Waals surface area (Å²) in [6.07, 6.45) is -0.208. The number of amides is 3. The Labute approximate surface area is 104 Å². The molecule has 0 bridgehead atoms. The van der Waals surface area contributed by atoms with E-state index in [-0.39, 0.29) is 17.9 Å². The molecule has 3 rings (SSSR count). The third-order valence-electron chi connectivity index (χ3n) is 2.61. The van der Waals surface area contributed by atoms with Crippen LogP contribution in [0.4, 0.5) is 4.79 Å². The topological polar surface area (TPSA) is 75.7 Å². The Morgan fingerprint density at radius 3 is 2.00 bits per heavy atom. The molecule has 0 spiro atoms. The molecule has 0 aromatic heterocycles. The van der Waals surface area contributed by atoms with E-state index in [0.717, 1.165) is 6.54 Å². The molecule has 2 heterocycles. The van der Waals surface area contributed by atoms with E-state index in [4.69, 9.17) is 0 Å². The highest BCUT2D eigenvalue weighted by Crippen LogP contribution is 2.13. The molecule has 18 heavy (non-hydrogen) atoms. The largest absolute Gasteiger partial charge is 0.448 e. The lowest BCUT2D eigenvalue weighted by atomic mass is 10.1. The van der Waals surface area contributed by atoms with Gasteiger partial charge in [0, 0.05) is 7.05 Å². The summed E-state index contributed by atoms with van der Waals surface area (Å²) in [5.74, 6) is -0.601. The van der Waals surface area contributed by atoms with Gasteiger partial charge >= 0.3 is 6.09 Å². The number of ether oxygens (including phenoxy) is 1. The number of carbonyl (C=O) groups is 3. The Bertz CT molecular complexity index is 480. The van der Waals surface area contributed by atoms with Gasteiger partial charge in [0.05, 0.1) is 17.7 Å². The van der Waals surface area contributed by atoms with Crippen molar-refractivity contribution in [3.05, 3.63) is 35.4 Å². The van der Waals surface area contributed by atoms with Gasteiger partial charge in [-0.2, -0.15) is 0 Å². The van der Waals surface area contributed by atoms with Gasteiger partial charge < -0.3 is 9.64 Å². The van der Waals surface area contributed by atoms with Crippen LogP contribution in [0, 0.1) is 0 Å². The molecule has 1 N–H and O–H groups in total. The van der Waals surface area contributed by atoms with Crippen LogP contribution in [0.2, 0.25) is 0 Å². The van der Waals surface area contributed by atoms with Crippen molar-refractivity contribution in [3.63, 3.8) is 0 Å². The molecule has 6 heteroatoms. The van der Waals surface area contributed by atoms with E-state index in [9.17, 15) is 14.4 Å². The fourth-order valence-electron chi connectivity index (χ4n) is 1.59. The summed E-state index contributed by atoms with van der Waals surface area (Å²) < 4.78 is 4.55. The first-order valence-electron chi connectivity index (χ1n) is 5.42. The summed E-state index contributed by atoms with van der Waals surface area (Å²) in [5, 5.41) is 2.20. The Morgan fingerprint density at radius 1 is 1.11 bits per heavy atom. The Morgan fingerprint density at radius 2 is 1.67 bits per heavy atom. The molecule has 3 amide bonds. The molecule has 1 fully saturated rings. The number of rotatable bonds is 0. The van der Waals surface area contributed by atoms with Gasteiger partial charge in [0.15, 0.2) is 0 Å². The minimum Gasteiger partial charge on any atom is -0.448 e. The summed E-state index contributed by atoms with van der Waals surface area (Å²) in [5.41, 5.74) is 0.940. The van der Waals surface area contributed by atoms with E-state index < -0.39 is 0 Å². The molecule has 0 aliphatic carbocycles. The number of nitrogens with zero attached hydrogens (tertiary/aromatic N) is 1. The molecule has 1 aromatic carbocycles. The van der Waals surface area contributed by atoms with Gasteiger partial charge in [0.2, 0.25) is 0 Å². The van der Waals surface area contributed by atoms with E-state index in [1.165, 1.54) is 0 Å². The normalized spacial score (nSPS) is 16.7. The predicted octanol–water partition coefficient (Wildman–Crippen LogP) is 0.639. The highest BCUT2D eigenvalue weighted by Gasteiger charge is 2.25. The lowest BCUT2D eigenvalue weighted by molar-refractivity contribution is 0.0879. The molecule has 1 saturated heterocycles. The Kier molecular flexibility index (Phi) is 3.27. The van der Waals surface area contributed by atoms with Crippen molar-refractivity contribution < 1.29 is 19.1 Å². The van der Waals surface area contributed by atoms with Gasteiger partial charge in [-0.15, -0.1) is 0 Å². The van der Waals surface area contributed by atoms with Gasteiger partial charge in [0.1, 0.15) is 6.61 Å². The van der Waals surface area contributed by atoms with Crippen molar-refractivity contribution in [2.24, 2.45) is 0 Å². The lowest BCUT2D eigenvalue weighted by Gasteiger charge is -1.98. The zero-order valence-corrected chi connectivity index (χ0v) is 9.80. The molecule has 0 unspecified atom stereocenters. The van der Waals surface area contributed by atoms with Gasteiger partial charge in [0.25, 0.3) is 11.8 Å². The first-order chi connectivity index (χ1) is 8.59. The monoisotopic (exact) mass is 248 g/mol. The van der Waals surface area contributed by atoms with Crippen molar-refractivity contribution in [1.29, 1.82) is 0 Å². The minimum atomic E-state index is -0.300. The molecule has 0 saturated carbocycles. The van der Waals surface area contributed by atoms with E-state index >= 15 is 0 Å². The minimum absolute atomic E-state index is 0.208. The van der Waals surface area contributed by atoms with Gasteiger partial charge in [-0.05, 0) is 12.1 Å². The second-order valence-electron chi connectivity index (χ2n) is 3.86. The molecule has 2 aliphatic rings. The van der Waals surface area contributed by atoms with Gasteiger partial charge in [-0.1, -0.05) is 12.1 Å². The zero-order valence-electron chi connectivity index (χ0n) is 9.80. The molecule has 0 radical (unpaired) electrons. The number of benzene rings is 1. The third kappa shape index (κ3) is 2.32. The SMILES string of the molecule is CN1CCOC1=O.O=C1NC(=O)c2ccccc21. The number of nitrogens with one attached hydrogen (secondary N) is 1. The van der Waals surface area contributed by atoms with Crippen LogP contribution in [0.5, 0.6) is 0 Å². The van der Waals surface area contributed by atoms with Gasteiger partial charge in [-0.3, -0.25) is 14.9 Å². The van der Waals surface area contributed by atoms with Crippen molar-refractivity contribution in [3.8, 4) is 0 Å². The lowest BCUT2D eigenvalue weighted by Crippen LogP contribution is -2.19. The number of likely N-dealkylation sites (N-methyl/N-ethyl adjacent to an activating group) is 1. The van der Waals surface area contributed by atoms with Crippen LogP contribution in [0.15, 0.2) is 24.3 Å². The number of imide groups is 1. The highest BCUT2D eigenvalue weighted by atomic mass is 16.6. The number of hydrogen-bond donors (Lipinski definition) is 1. The van der Waals surface area contributed by atoms with Crippen LogP contribution in [-0.4, -0.2) is 43.0 Å². The summed E-state index contributed by atoms with van der Waals surface area (Å²) in [7, 11) is 1.72. The standard InChI is InChI=1S/C8H5NO2.C4H7NO2/c10-7-5-3-1-2-4-6(5)8(11)9-7;1-5-2-3-7-4(5)6/h1-4H,(H,9,10,11);2-3H2,1H3. The van der Waals surface area contributed by atoms with Crippen LogP contribution in [0.1, 0.15) is 20.7 Å². The van der Waals surface area contributed by atoms with Crippen molar-refractivity contribution >= 4 is 17.9 Å². The number of fused-ring (bicyclic) bond motifs is 1. The average Bonchev–Trinajstić information content (AvgIpc) is 2.87. The quantitative estimate of drug-likeness (QED) is 0.683. The summed E-state index contributed by atoms with van der Waals surface area (Å²) in [6.45, 7) is 1.29. The fourth-order valence-corrected chi connectivity index (χ4v) is 1.59. The van der Waals surface area contributed by atoms with Gasteiger partial charge in [-0.25, -0.2) is 4.79 Å². The van der Waals surface area contributed by atoms with Crippen LogP contribution >= 0.6 is 0 Å². The number of hydrogen-bond acceptors (Lipinski definition) is 4. The van der Waals surface area contributed by atoms with E-state index in [1.54, 1.807) is 36.2 Å². The van der Waals surface area contributed by atoms with E-state index in [2.05, 4.69) is 10.1 Å². The molecule has 6 nitrogen and oxygen atoms in total. The van der Waals surface area contributed by atoms with Crippen molar-refractivity contribution in [1.82, 2.24) is 10.2 Å². The highest BCUT2D eigenvalue weighted by molar-refractivity contribution is 6.21. The zero-order chi connectivity index (χ0) is 13.1. The first kappa shape index (κ1) is 12.1. The third-order valence-corrected chi connectivity index (χ3v) is 2.61. The average molecular weight is 248 g/mol. The molecular formula is C12H12N2O4. The number of carbonyl (C=O) groups excluding carboxylic acids is 3. The number of cyclic esters (lactones) is 1. The summed E-state index contributed by atoms with van der Waals surface area (Å²) in [6, 6.07) is 6.74. The smallest absolute Gasteiger partial charge is 0.409 e.